The zero-order valence-corrected chi connectivity index (χ0v) is 11.5. The van der Waals surface area contributed by atoms with Gasteiger partial charge in [-0.15, -0.1) is 0 Å². The molecule has 0 bridgehead atoms. The summed E-state index contributed by atoms with van der Waals surface area (Å²) in [6.07, 6.45) is 0. The minimum absolute atomic E-state index is 0.0972. The van der Waals surface area contributed by atoms with Crippen molar-refractivity contribution in [3.05, 3.63) is 34.9 Å². The van der Waals surface area contributed by atoms with Crippen molar-refractivity contribution in [3.8, 4) is 0 Å². The molecular weight excluding hydrogens is 268 g/mol. The fourth-order valence-electron chi connectivity index (χ4n) is 2.17. The highest BCUT2D eigenvalue weighted by molar-refractivity contribution is 7.93. The molecule has 0 aliphatic carbocycles. The quantitative estimate of drug-likeness (QED) is 0.762. The average molecular weight is 282 g/mol. The lowest BCUT2D eigenvalue weighted by Crippen LogP contribution is -2.35. The summed E-state index contributed by atoms with van der Waals surface area (Å²) in [4.78, 5) is 23.7. The number of hydrogen-bond acceptors (Lipinski definition) is 5. The normalized spacial score (nSPS) is 20.7. The van der Waals surface area contributed by atoms with Crippen LogP contribution in [0, 0.1) is 6.92 Å². The van der Waals surface area contributed by atoms with E-state index in [0.29, 0.717) is 5.56 Å². The number of rotatable bonds is 2. The van der Waals surface area contributed by atoms with Crippen LogP contribution in [-0.2, 0) is 19.4 Å². The van der Waals surface area contributed by atoms with E-state index in [1.165, 1.54) is 6.07 Å². The molecule has 0 aromatic heterocycles. The summed E-state index contributed by atoms with van der Waals surface area (Å²) in [6.45, 7) is 3.50. The Hall–Kier alpha value is -1.69. The smallest absolute Gasteiger partial charge is 0.328 e. The van der Waals surface area contributed by atoms with E-state index in [2.05, 4.69) is 0 Å². The Morgan fingerprint density at radius 3 is 2.74 bits per heavy atom. The molecule has 0 fully saturated rings. The SMILES string of the molecule is CCOC(=O)C1c2ccc(C)cc2C(=O)CS1(=O)=O. The highest BCUT2D eigenvalue weighted by Crippen LogP contribution is 2.33. The number of fused-ring (bicyclic) bond motifs is 1. The molecule has 0 spiro atoms. The van der Waals surface area contributed by atoms with Crippen molar-refractivity contribution >= 4 is 21.6 Å². The fourth-order valence-corrected chi connectivity index (χ4v) is 3.81. The van der Waals surface area contributed by atoms with Crippen molar-refractivity contribution in [3.63, 3.8) is 0 Å². The second-order valence-electron chi connectivity index (χ2n) is 4.45. The lowest BCUT2D eigenvalue weighted by molar-refractivity contribution is -0.142. The van der Waals surface area contributed by atoms with Gasteiger partial charge in [0.25, 0.3) is 0 Å². The first-order chi connectivity index (χ1) is 8.86. The van der Waals surface area contributed by atoms with E-state index in [-0.39, 0.29) is 12.2 Å². The first kappa shape index (κ1) is 13.7. The predicted octanol–water partition coefficient (Wildman–Crippen LogP) is 1.21. The van der Waals surface area contributed by atoms with Crippen molar-refractivity contribution in [1.29, 1.82) is 0 Å². The summed E-state index contributed by atoms with van der Waals surface area (Å²) in [7, 11) is -3.84. The van der Waals surface area contributed by atoms with Gasteiger partial charge in [-0.2, -0.15) is 0 Å². The van der Waals surface area contributed by atoms with Gasteiger partial charge in [-0.3, -0.25) is 9.59 Å². The van der Waals surface area contributed by atoms with Crippen molar-refractivity contribution in [1.82, 2.24) is 0 Å². The van der Waals surface area contributed by atoms with Gasteiger partial charge in [-0.1, -0.05) is 17.7 Å². The molecular formula is C13H14O5S. The third-order valence-corrected chi connectivity index (χ3v) is 4.81. The number of ether oxygens (including phenoxy) is 1. The molecule has 1 aromatic carbocycles. The number of sulfone groups is 1. The zero-order valence-electron chi connectivity index (χ0n) is 10.7. The summed E-state index contributed by atoms with van der Waals surface area (Å²) in [6, 6.07) is 4.80. The molecule has 1 atom stereocenters. The van der Waals surface area contributed by atoms with E-state index in [9.17, 15) is 18.0 Å². The van der Waals surface area contributed by atoms with Crippen LogP contribution in [0.25, 0.3) is 0 Å². The van der Waals surface area contributed by atoms with E-state index in [0.717, 1.165) is 5.56 Å². The fraction of sp³-hybridized carbons (Fsp3) is 0.385. The van der Waals surface area contributed by atoms with E-state index < -0.39 is 32.6 Å². The highest BCUT2D eigenvalue weighted by Gasteiger charge is 2.43. The van der Waals surface area contributed by atoms with E-state index >= 15 is 0 Å². The Morgan fingerprint density at radius 1 is 1.42 bits per heavy atom. The number of aryl methyl sites for hydroxylation is 1. The van der Waals surface area contributed by atoms with Gasteiger partial charge in [0.1, 0.15) is 5.75 Å². The molecule has 1 heterocycles. The van der Waals surface area contributed by atoms with E-state index in [4.69, 9.17) is 4.74 Å². The van der Waals surface area contributed by atoms with Gasteiger partial charge in [-0.05, 0) is 25.5 Å². The molecule has 19 heavy (non-hydrogen) atoms. The number of esters is 1. The minimum atomic E-state index is -3.84. The molecule has 1 aromatic rings. The van der Waals surface area contributed by atoms with Crippen LogP contribution in [0.15, 0.2) is 18.2 Å². The van der Waals surface area contributed by atoms with Crippen LogP contribution in [0.1, 0.15) is 33.7 Å². The second kappa shape index (κ2) is 4.77. The van der Waals surface area contributed by atoms with Crippen molar-refractivity contribution in [2.75, 3.05) is 12.4 Å². The molecule has 6 heteroatoms. The van der Waals surface area contributed by atoms with Crippen LogP contribution in [0.5, 0.6) is 0 Å². The largest absolute Gasteiger partial charge is 0.465 e. The van der Waals surface area contributed by atoms with Crippen molar-refractivity contribution in [2.24, 2.45) is 0 Å². The van der Waals surface area contributed by atoms with Gasteiger partial charge in [-0.25, -0.2) is 8.42 Å². The van der Waals surface area contributed by atoms with Gasteiger partial charge in [0, 0.05) is 5.56 Å². The summed E-state index contributed by atoms with van der Waals surface area (Å²) >= 11 is 0. The van der Waals surface area contributed by atoms with Gasteiger partial charge in [0.15, 0.2) is 20.9 Å². The van der Waals surface area contributed by atoms with Crippen LogP contribution in [0.2, 0.25) is 0 Å². The minimum Gasteiger partial charge on any atom is -0.465 e. The number of benzene rings is 1. The number of Topliss-reactive ketones (excluding diaryl/α,β-unsaturated/α-hetero) is 1. The summed E-state index contributed by atoms with van der Waals surface area (Å²) < 4.78 is 28.9. The number of carbonyl (C=O) groups excluding carboxylic acids is 2. The maximum absolute atomic E-state index is 12.0. The number of carbonyl (C=O) groups is 2. The third-order valence-electron chi connectivity index (χ3n) is 2.98. The molecule has 0 radical (unpaired) electrons. The Bertz CT molecular complexity index is 645. The van der Waals surface area contributed by atoms with Crippen LogP contribution in [0.3, 0.4) is 0 Å². The Labute approximate surface area is 111 Å². The molecule has 1 aliphatic rings. The van der Waals surface area contributed by atoms with Gasteiger partial charge in [0.05, 0.1) is 6.61 Å². The van der Waals surface area contributed by atoms with E-state index in [1.54, 1.807) is 26.0 Å². The molecule has 1 unspecified atom stereocenters. The molecule has 1 aliphatic heterocycles. The average Bonchev–Trinajstić information content (AvgIpc) is 2.29. The Balaban J connectivity index is 2.62. The molecule has 0 N–H and O–H groups in total. The lowest BCUT2D eigenvalue weighted by Gasteiger charge is -2.23. The molecule has 2 rings (SSSR count). The Morgan fingerprint density at radius 2 is 2.11 bits per heavy atom. The van der Waals surface area contributed by atoms with Crippen LogP contribution >= 0.6 is 0 Å². The summed E-state index contributed by atoms with van der Waals surface area (Å²) in [5, 5.41) is -1.39. The predicted molar refractivity (Wildman–Crippen MR) is 68.7 cm³/mol. The number of ketones is 1. The third kappa shape index (κ3) is 2.40. The Kier molecular flexibility index (Phi) is 3.45. The van der Waals surface area contributed by atoms with E-state index in [1.807, 2.05) is 0 Å². The van der Waals surface area contributed by atoms with Crippen LogP contribution in [-0.4, -0.2) is 32.5 Å². The van der Waals surface area contributed by atoms with Crippen LogP contribution < -0.4 is 0 Å². The van der Waals surface area contributed by atoms with Gasteiger partial charge in [0.2, 0.25) is 0 Å². The summed E-state index contributed by atoms with van der Waals surface area (Å²) in [5.41, 5.74) is 1.36. The van der Waals surface area contributed by atoms with Gasteiger partial charge >= 0.3 is 5.97 Å². The number of hydrogen-bond donors (Lipinski definition) is 0. The maximum atomic E-state index is 12.0. The van der Waals surface area contributed by atoms with Crippen molar-refractivity contribution < 1.29 is 22.7 Å². The first-order valence-corrected chi connectivity index (χ1v) is 7.60. The monoisotopic (exact) mass is 282 g/mol. The lowest BCUT2D eigenvalue weighted by atomic mass is 9.98. The summed E-state index contributed by atoms with van der Waals surface area (Å²) in [5.74, 6) is -1.94. The zero-order chi connectivity index (χ0) is 14.2. The highest BCUT2D eigenvalue weighted by atomic mass is 32.2. The maximum Gasteiger partial charge on any atom is 0.328 e. The molecule has 102 valence electrons. The topological polar surface area (TPSA) is 77.5 Å². The molecule has 0 amide bonds. The van der Waals surface area contributed by atoms with Gasteiger partial charge < -0.3 is 4.74 Å². The molecule has 0 saturated carbocycles. The second-order valence-corrected chi connectivity index (χ2v) is 6.54. The van der Waals surface area contributed by atoms with Crippen LogP contribution in [0.4, 0.5) is 0 Å². The standard InChI is InChI=1S/C13H14O5S/c1-3-18-13(15)12-9-5-4-8(2)6-10(9)11(14)7-19(12,16)17/h4-6,12H,3,7H2,1-2H3. The first-order valence-electron chi connectivity index (χ1n) is 5.88. The molecule has 0 saturated heterocycles. The molecule has 5 nitrogen and oxygen atoms in total. The van der Waals surface area contributed by atoms with Crippen molar-refractivity contribution in [2.45, 2.75) is 19.1 Å².